The van der Waals surface area contributed by atoms with E-state index >= 15 is 0 Å². The molecule has 1 unspecified atom stereocenters. The maximum absolute atomic E-state index is 9.19. The van der Waals surface area contributed by atoms with E-state index < -0.39 is 0 Å². The van der Waals surface area contributed by atoms with Crippen molar-refractivity contribution in [2.75, 3.05) is 25.0 Å². The number of benzene rings is 1. The minimum Gasteiger partial charge on any atom is -0.393 e. The smallest absolute Gasteiger partial charge is 0.0524 e. The van der Waals surface area contributed by atoms with Crippen LogP contribution in [-0.2, 0) is 13.0 Å². The van der Waals surface area contributed by atoms with Crippen molar-refractivity contribution in [1.82, 2.24) is 5.32 Å². The van der Waals surface area contributed by atoms with Gasteiger partial charge in [-0.3, -0.25) is 0 Å². The monoisotopic (exact) mass is 248 g/mol. The topological polar surface area (TPSA) is 35.5 Å². The van der Waals surface area contributed by atoms with Gasteiger partial charge in [0.25, 0.3) is 0 Å². The first kappa shape index (κ1) is 13.4. The molecule has 1 aliphatic rings. The van der Waals surface area contributed by atoms with Crippen LogP contribution in [0.1, 0.15) is 30.9 Å². The highest BCUT2D eigenvalue weighted by atomic mass is 16.3. The molecule has 2 rings (SSSR count). The predicted octanol–water partition coefficient (Wildman–Crippen LogP) is 1.93. The van der Waals surface area contributed by atoms with E-state index in [1.807, 2.05) is 6.92 Å². The number of hydrogen-bond donors (Lipinski definition) is 2. The molecule has 18 heavy (non-hydrogen) atoms. The Balaban J connectivity index is 1.90. The summed E-state index contributed by atoms with van der Waals surface area (Å²) < 4.78 is 0. The lowest BCUT2D eigenvalue weighted by Gasteiger charge is -2.27. The number of nitrogens with zero attached hydrogens (tertiary/aromatic N) is 1. The first-order valence-electron chi connectivity index (χ1n) is 6.88. The molecule has 0 fully saturated rings. The molecule has 2 N–H and O–H groups in total. The van der Waals surface area contributed by atoms with Crippen LogP contribution in [0.25, 0.3) is 0 Å². The van der Waals surface area contributed by atoms with Gasteiger partial charge in [-0.2, -0.15) is 0 Å². The molecule has 0 spiro atoms. The van der Waals surface area contributed by atoms with Gasteiger partial charge in [-0.05, 0) is 49.9 Å². The van der Waals surface area contributed by atoms with Crippen LogP contribution >= 0.6 is 0 Å². The number of aliphatic hydroxyl groups is 1. The summed E-state index contributed by atoms with van der Waals surface area (Å²) in [7, 11) is 2.17. The van der Waals surface area contributed by atoms with Crippen LogP contribution in [0.4, 0.5) is 5.69 Å². The number of aryl methyl sites for hydroxylation is 1. The molecule has 1 aliphatic heterocycles. The Hall–Kier alpha value is -1.06. The molecule has 0 radical (unpaired) electrons. The molecule has 100 valence electrons. The van der Waals surface area contributed by atoms with Gasteiger partial charge < -0.3 is 15.3 Å². The van der Waals surface area contributed by atoms with E-state index in [-0.39, 0.29) is 6.10 Å². The van der Waals surface area contributed by atoms with Crippen LogP contribution in [-0.4, -0.2) is 31.3 Å². The molecular formula is C15H24N2O. The predicted molar refractivity (Wildman–Crippen MR) is 76.0 cm³/mol. The van der Waals surface area contributed by atoms with Crippen molar-refractivity contribution in [2.45, 2.75) is 38.8 Å². The SMILES string of the molecule is CC(O)CCNCc1ccc2c(c1)CCCN2C. The number of aliphatic hydroxyl groups excluding tert-OH is 1. The van der Waals surface area contributed by atoms with Crippen LogP contribution in [0, 0.1) is 0 Å². The molecule has 0 aliphatic carbocycles. The molecule has 1 heterocycles. The fraction of sp³-hybridized carbons (Fsp3) is 0.600. The number of rotatable bonds is 5. The molecule has 1 aromatic rings. The van der Waals surface area contributed by atoms with Crippen LogP contribution in [0.15, 0.2) is 18.2 Å². The summed E-state index contributed by atoms with van der Waals surface area (Å²) in [5.41, 5.74) is 4.20. The largest absolute Gasteiger partial charge is 0.393 e. The number of anilines is 1. The Bertz CT molecular complexity index is 390. The second-order valence-electron chi connectivity index (χ2n) is 5.30. The van der Waals surface area contributed by atoms with Crippen molar-refractivity contribution in [1.29, 1.82) is 0 Å². The highest BCUT2D eigenvalue weighted by molar-refractivity contribution is 5.56. The maximum Gasteiger partial charge on any atom is 0.0524 e. The highest BCUT2D eigenvalue weighted by Crippen LogP contribution is 2.26. The maximum atomic E-state index is 9.19. The summed E-state index contributed by atoms with van der Waals surface area (Å²) in [5, 5.41) is 12.6. The Morgan fingerprint density at radius 3 is 3.06 bits per heavy atom. The Morgan fingerprint density at radius 1 is 1.44 bits per heavy atom. The van der Waals surface area contributed by atoms with E-state index in [0.29, 0.717) is 0 Å². The van der Waals surface area contributed by atoms with Gasteiger partial charge in [-0.25, -0.2) is 0 Å². The zero-order valence-electron chi connectivity index (χ0n) is 11.4. The van der Waals surface area contributed by atoms with Crippen molar-refractivity contribution in [3.05, 3.63) is 29.3 Å². The lowest BCUT2D eigenvalue weighted by Crippen LogP contribution is -2.25. The van der Waals surface area contributed by atoms with Crippen LogP contribution in [0.5, 0.6) is 0 Å². The van der Waals surface area contributed by atoms with Gasteiger partial charge in [0.2, 0.25) is 0 Å². The molecule has 0 aromatic heterocycles. The van der Waals surface area contributed by atoms with E-state index in [0.717, 1.165) is 19.5 Å². The van der Waals surface area contributed by atoms with Crippen molar-refractivity contribution in [3.63, 3.8) is 0 Å². The van der Waals surface area contributed by atoms with Crippen molar-refractivity contribution in [3.8, 4) is 0 Å². The molecule has 1 aromatic carbocycles. The zero-order valence-corrected chi connectivity index (χ0v) is 11.4. The molecule has 3 heteroatoms. The standard InChI is InChI=1S/C15H24N2O/c1-12(18)7-8-16-11-13-5-6-15-14(10-13)4-3-9-17(15)2/h5-6,10,12,16,18H,3-4,7-9,11H2,1-2H3. The molecule has 3 nitrogen and oxygen atoms in total. The van der Waals surface area contributed by atoms with Crippen molar-refractivity contribution < 1.29 is 5.11 Å². The number of fused-ring (bicyclic) bond motifs is 1. The summed E-state index contributed by atoms with van der Waals surface area (Å²) in [6.45, 7) is 4.76. The van der Waals surface area contributed by atoms with E-state index in [9.17, 15) is 5.11 Å². The van der Waals surface area contributed by atoms with Gasteiger partial charge in [0, 0.05) is 25.8 Å². The highest BCUT2D eigenvalue weighted by Gasteiger charge is 2.13. The molecular weight excluding hydrogens is 224 g/mol. The number of hydrogen-bond acceptors (Lipinski definition) is 3. The Labute approximate surface area is 110 Å². The summed E-state index contributed by atoms with van der Waals surface area (Å²) in [6.07, 6.45) is 3.05. The molecule has 0 amide bonds. The van der Waals surface area contributed by atoms with Crippen LogP contribution in [0.3, 0.4) is 0 Å². The summed E-state index contributed by atoms with van der Waals surface area (Å²) in [5.74, 6) is 0. The van der Waals surface area contributed by atoms with Crippen molar-refractivity contribution >= 4 is 5.69 Å². The Kier molecular flexibility index (Phi) is 4.61. The zero-order chi connectivity index (χ0) is 13.0. The van der Waals surface area contributed by atoms with E-state index in [2.05, 4.69) is 35.5 Å². The summed E-state index contributed by atoms with van der Waals surface area (Å²) in [6, 6.07) is 6.76. The normalized spacial score (nSPS) is 16.5. The molecule has 0 saturated heterocycles. The third-order valence-electron chi connectivity index (χ3n) is 3.56. The van der Waals surface area contributed by atoms with E-state index in [4.69, 9.17) is 0 Å². The van der Waals surface area contributed by atoms with Gasteiger partial charge in [0.15, 0.2) is 0 Å². The minimum absolute atomic E-state index is 0.213. The van der Waals surface area contributed by atoms with Crippen LogP contribution in [0.2, 0.25) is 0 Å². The summed E-state index contributed by atoms with van der Waals surface area (Å²) >= 11 is 0. The fourth-order valence-electron chi connectivity index (χ4n) is 2.49. The average Bonchev–Trinajstić information content (AvgIpc) is 2.35. The lowest BCUT2D eigenvalue weighted by molar-refractivity contribution is 0.183. The molecule has 1 atom stereocenters. The quantitative estimate of drug-likeness (QED) is 0.782. The van der Waals surface area contributed by atoms with Gasteiger partial charge in [-0.1, -0.05) is 12.1 Å². The molecule has 0 saturated carbocycles. The number of nitrogens with one attached hydrogen (secondary N) is 1. The van der Waals surface area contributed by atoms with Gasteiger partial charge in [0.1, 0.15) is 0 Å². The third-order valence-corrected chi connectivity index (χ3v) is 3.56. The Morgan fingerprint density at radius 2 is 2.28 bits per heavy atom. The van der Waals surface area contributed by atoms with E-state index in [1.54, 1.807) is 0 Å². The van der Waals surface area contributed by atoms with Crippen molar-refractivity contribution in [2.24, 2.45) is 0 Å². The summed E-state index contributed by atoms with van der Waals surface area (Å²) in [4.78, 5) is 2.34. The second kappa shape index (κ2) is 6.21. The third kappa shape index (κ3) is 3.47. The average molecular weight is 248 g/mol. The van der Waals surface area contributed by atoms with Crippen LogP contribution < -0.4 is 10.2 Å². The first-order chi connectivity index (χ1) is 8.66. The van der Waals surface area contributed by atoms with Gasteiger partial charge in [0.05, 0.1) is 6.10 Å². The fourth-order valence-corrected chi connectivity index (χ4v) is 2.49. The van der Waals surface area contributed by atoms with E-state index in [1.165, 1.54) is 36.2 Å². The minimum atomic E-state index is -0.213. The second-order valence-corrected chi connectivity index (χ2v) is 5.30. The molecule has 0 bridgehead atoms. The van der Waals surface area contributed by atoms with Gasteiger partial charge >= 0.3 is 0 Å². The van der Waals surface area contributed by atoms with Gasteiger partial charge in [-0.15, -0.1) is 0 Å². The lowest BCUT2D eigenvalue weighted by atomic mass is 9.99. The first-order valence-corrected chi connectivity index (χ1v) is 6.88.